The summed E-state index contributed by atoms with van der Waals surface area (Å²) in [6.45, 7) is 1.03. The van der Waals surface area contributed by atoms with Crippen molar-refractivity contribution in [1.29, 1.82) is 0 Å². The summed E-state index contributed by atoms with van der Waals surface area (Å²) in [5.74, 6) is 0. The first-order valence-corrected chi connectivity index (χ1v) is 7.35. The molecule has 104 valence electrons. The Morgan fingerprint density at radius 1 is 1.22 bits per heavy atom. The molecule has 0 amide bonds. The monoisotopic (exact) mass is 296 g/mol. The SMILES string of the molecule is COCCN(CCOC)S(=O)(=O)c1nnc(N)s1. The standard InChI is InChI=1S/C8H16N4O4S2/c1-15-5-3-12(4-6-16-2)18(13,14)8-11-10-7(9)17-8/h3-6H2,1-2H3,(H2,9,10). The number of sulfonamides is 1. The molecule has 0 atom stereocenters. The zero-order valence-electron chi connectivity index (χ0n) is 10.2. The van der Waals surface area contributed by atoms with E-state index in [9.17, 15) is 8.42 Å². The molecule has 1 aromatic heterocycles. The van der Waals surface area contributed by atoms with Crippen LogP contribution in [0, 0.1) is 0 Å². The highest BCUT2D eigenvalue weighted by Gasteiger charge is 2.27. The van der Waals surface area contributed by atoms with E-state index in [-0.39, 0.29) is 35.8 Å². The maximum absolute atomic E-state index is 12.2. The molecule has 0 bridgehead atoms. The Morgan fingerprint density at radius 2 is 1.78 bits per heavy atom. The van der Waals surface area contributed by atoms with Crippen LogP contribution in [0.2, 0.25) is 0 Å². The molecule has 0 saturated heterocycles. The number of nitrogens with zero attached hydrogens (tertiary/aromatic N) is 3. The smallest absolute Gasteiger partial charge is 0.272 e. The van der Waals surface area contributed by atoms with Crippen LogP contribution in [0.25, 0.3) is 0 Å². The van der Waals surface area contributed by atoms with Gasteiger partial charge in [0.25, 0.3) is 10.0 Å². The predicted octanol–water partition coefficient (Wildman–Crippen LogP) is -0.596. The Bertz CT molecular complexity index is 453. The lowest BCUT2D eigenvalue weighted by Crippen LogP contribution is -2.36. The second kappa shape index (κ2) is 6.95. The van der Waals surface area contributed by atoms with Crippen molar-refractivity contribution in [1.82, 2.24) is 14.5 Å². The summed E-state index contributed by atoms with van der Waals surface area (Å²) in [5.41, 5.74) is 5.39. The summed E-state index contributed by atoms with van der Waals surface area (Å²) in [5, 5.41) is 7.18. The first-order chi connectivity index (χ1) is 8.52. The molecule has 0 fully saturated rings. The highest BCUT2D eigenvalue weighted by Crippen LogP contribution is 2.20. The summed E-state index contributed by atoms with van der Waals surface area (Å²) in [6.07, 6.45) is 0. The van der Waals surface area contributed by atoms with Gasteiger partial charge in [-0.25, -0.2) is 8.42 Å². The number of hydrogen-bond acceptors (Lipinski definition) is 8. The van der Waals surface area contributed by atoms with E-state index < -0.39 is 10.0 Å². The molecule has 0 aliphatic carbocycles. The molecule has 0 aliphatic heterocycles. The number of hydrogen-bond donors (Lipinski definition) is 1. The quantitative estimate of drug-likeness (QED) is 0.682. The molecular weight excluding hydrogens is 280 g/mol. The predicted molar refractivity (Wildman–Crippen MR) is 66.8 cm³/mol. The normalized spacial score (nSPS) is 12.2. The molecule has 0 aliphatic rings. The van der Waals surface area contributed by atoms with E-state index in [0.717, 1.165) is 11.3 Å². The minimum Gasteiger partial charge on any atom is -0.383 e. The number of nitrogens with two attached hydrogens (primary N) is 1. The Morgan fingerprint density at radius 3 is 2.17 bits per heavy atom. The van der Waals surface area contributed by atoms with Gasteiger partial charge in [-0.15, -0.1) is 10.2 Å². The van der Waals surface area contributed by atoms with Crippen molar-refractivity contribution in [3.8, 4) is 0 Å². The molecule has 0 unspecified atom stereocenters. The zero-order chi connectivity index (χ0) is 13.6. The van der Waals surface area contributed by atoms with Crippen LogP contribution in [0.4, 0.5) is 5.13 Å². The van der Waals surface area contributed by atoms with Crippen molar-refractivity contribution in [3.05, 3.63) is 0 Å². The summed E-state index contributed by atoms with van der Waals surface area (Å²) in [7, 11) is -0.678. The second-order valence-corrected chi connectivity index (χ2v) is 6.42. The van der Waals surface area contributed by atoms with Gasteiger partial charge in [-0.3, -0.25) is 0 Å². The maximum Gasteiger partial charge on any atom is 0.272 e. The van der Waals surface area contributed by atoms with Crippen LogP contribution in [-0.2, 0) is 19.5 Å². The van der Waals surface area contributed by atoms with Gasteiger partial charge in [0.15, 0.2) is 0 Å². The molecule has 1 heterocycles. The highest BCUT2D eigenvalue weighted by molar-refractivity contribution is 7.91. The van der Waals surface area contributed by atoms with Gasteiger partial charge >= 0.3 is 0 Å². The zero-order valence-corrected chi connectivity index (χ0v) is 11.8. The van der Waals surface area contributed by atoms with Crippen LogP contribution in [0.15, 0.2) is 4.34 Å². The molecule has 0 saturated carbocycles. The van der Waals surface area contributed by atoms with E-state index >= 15 is 0 Å². The van der Waals surface area contributed by atoms with Crippen molar-refractivity contribution >= 4 is 26.5 Å². The number of methoxy groups -OCH3 is 2. The first kappa shape index (κ1) is 15.2. The van der Waals surface area contributed by atoms with Crippen LogP contribution in [-0.4, -0.2) is 63.4 Å². The molecule has 8 nitrogen and oxygen atoms in total. The van der Waals surface area contributed by atoms with Crippen molar-refractivity contribution in [2.75, 3.05) is 46.3 Å². The highest BCUT2D eigenvalue weighted by atomic mass is 32.2. The second-order valence-electron chi connectivity index (χ2n) is 3.30. The Hall–Kier alpha value is -0.810. The minimum absolute atomic E-state index is 0.118. The summed E-state index contributed by atoms with van der Waals surface area (Å²) < 4.78 is 35.3. The van der Waals surface area contributed by atoms with Crippen LogP contribution < -0.4 is 5.73 Å². The van der Waals surface area contributed by atoms with Crippen LogP contribution >= 0.6 is 11.3 Å². The third-order valence-corrected chi connectivity index (χ3v) is 5.07. The van der Waals surface area contributed by atoms with E-state index in [0.29, 0.717) is 0 Å². The molecule has 10 heteroatoms. The first-order valence-electron chi connectivity index (χ1n) is 5.09. The maximum atomic E-state index is 12.2. The van der Waals surface area contributed by atoms with Gasteiger partial charge in [-0.2, -0.15) is 4.31 Å². The van der Waals surface area contributed by atoms with E-state index in [1.807, 2.05) is 0 Å². The molecule has 0 radical (unpaired) electrons. The summed E-state index contributed by atoms with van der Waals surface area (Å²) in [6, 6.07) is 0. The van der Waals surface area contributed by atoms with Gasteiger partial charge in [0, 0.05) is 27.3 Å². The fourth-order valence-corrected chi connectivity index (χ4v) is 3.50. The van der Waals surface area contributed by atoms with Gasteiger partial charge in [0.05, 0.1) is 13.2 Å². The molecular formula is C8H16N4O4S2. The van der Waals surface area contributed by atoms with Gasteiger partial charge in [0.2, 0.25) is 9.47 Å². The van der Waals surface area contributed by atoms with E-state index in [2.05, 4.69) is 10.2 Å². The Balaban J connectivity index is 2.88. The van der Waals surface area contributed by atoms with Gasteiger partial charge in [-0.1, -0.05) is 11.3 Å². The fourth-order valence-electron chi connectivity index (χ4n) is 1.17. The van der Waals surface area contributed by atoms with Crippen LogP contribution in [0.3, 0.4) is 0 Å². The number of rotatable bonds is 8. The van der Waals surface area contributed by atoms with Crippen molar-refractivity contribution in [3.63, 3.8) is 0 Å². The largest absolute Gasteiger partial charge is 0.383 e. The molecule has 18 heavy (non-hydrogen) atoms. The van der Waals surface area contributed by atoms with Crippen LogP contribution in [0.5, 0.6) is 0 Å². The third-order valence-electron chi connectivity index (χ3n) is 2.07. The average molecular weight is 296 g/mol. The van der Waals surface area contributed by atoms with Crippen molar-refractivity contribution in [2.45, 2.75) is 4.34 Å². The number of nitrogen functional groups attached to an aromatic ring is 1. The molecule has 0 spiro atoms. The van der Waals surface area contributed by atoms with Crippen molar-refractivity contribution < 1.29 is 17.9 Å². The van der Waals surface area contributed by atoms with E-state index in [1.54, 1.807) is 0 Å². The average Bonchev–Trinajstić information content (AvgIpc) is 2.76. The molecule has 1 aromatic rings. The lowest BCUT2D eigenvalue weighted by Gasteiger charge is -2.19. The fraction of sp³-hybridized carbons (Fsp3) is 0.750. The van der Waals surface area contributed by atoms with Gasteiger partial charge in [-0.05, 0) is 0 Å². The third kappa shape index (κ3) is 3.85. The molecule has 0 aromatic carbocycles. The van der Waals surface area contributed by atoms with E-state index in [4.69, 9.17) is 15.2 Å². The number of anilines is 1. The summed E-state index contributed by atoms with van der Waals surface area (Å²) >= 11 is 0.834. The lowest BCUT2D eigenvalue weighted by molar-refractivity contribution is 0.150. The number of ether oxygens (including phenoxy) is 2. The van der Waals surface area contributed by atoms with E-state index in [1.165, 1.54) is 18.5 Å². The van der Waals surface area contributed by atoms with Crippen LogP contribution in [0.1, 0.15) is 0 Å². The lowest BCUT2D eigenvalue weighted by atomic mass is 10.6. The Kier molecular flexibility index (Phi) is 5.88. The molecule has 2 N–H and O–H groups in total. The van der Waals surface area contributed by atoms with Gasteiger partial charge < -0.3 is 15.2 Å². The topological polar surface area (TPSA) is 108 Å². The molecule has 1 rings (SSSR count). The number of aromatic nitrogens is 2. The van der Waals surface area contributed by atoms with Gasteiger partial charge in [0.1, 0.15) is 0 Å². The minimum atomic E-state index is -3.69. The Labute approximate surface area is 110 Å². The van der Waals surface area contributed by atoms with Crippen molar-refractivity contribution in [2.24, 2.45) is 0 Å². The summed E-state index contributed by atoms with van der Waals surface area (Å²) in [4.78, 5) is 0.